The van der Waals surface area contributed by atoms with Crippen LogP contribution in [0.25, 0.3) is 0 Å². The average Bonchev–Trinajstić information content (AvgIpc) is 2.81. The number of halogens is 1. The van der Waals surface area contributed by atoms with E-state index in [1.54, 1.807) is 12.1 Å². The van der Waals surface area contributed by atoms with E-state index in [-0.39, 0.29) is 17.6 Å². The molecule has 3 rings (SSSR count). The van der Waals surface area contributed by atoms with Crippen molar-refractivity contribution in [1.82, 2.24) is 9.80 Å². The second-order valence-electron chi connectivity index (χ2n) is 5.44. The highest BCUT2D eigenvalue weighted by atomic mass is 19.1. The Hall–Kier alpha value is -1.95. The van der Waals surface area contributed by atoms with Crippen LogP contribution in [0, 0.1) is 5.82 Å². The van der Waals surface area contributed by atoms with Gasteiger partial charge in [-0.1, -0.05) is 0 Å². The third kappa shape index (κ3) is 3.05. The molecule has 5 nitrogen and oxygen atoms in total. The number of hydrogen-bond acceptors (Lipinski definition) is 4. The first-order chi connectivity index (χ1) is 10.1. The van der Waals surface area contributed by atoms with Gasteiger partial charge in [0.05, 0.1) is 6.67 Å². The van der Waals surface area contributed by atoms with Crippen LogP contribution in [-0.4, -0.2) is 54.5 Å². The maximum atomic E-state index is 12.9. The average molecular weight is 291 g/mol. The Bertz CT molecular complexity index is 522. The van der Waals surface area contributed by atoms with Gasteiger partial charge < -0.3 is 4.90 Å². The van der Waals surface area contributed by atoms with Gasteiger partial charge in [-0.05, 0) is 24.3 Å². The molecule has 2 amide bonds. The van der Waals surface area contributed by atoms with E-state index in [0.29, 0.717) is 19.5 Å². The highest BCUT2D eigenvalue weighted by Crippen LogP contribution is 2.18. The molecule has 1 aromatic carbocycles. The molecule has 112 valence electrons. The first kappa shape index (κ1) is 14.0. The number of benzene rings is 1. The van der Waals surface area contributed by atoms with Crippen LogP contribution in [0.2, 0.25) is 0 Å². The Labute approximate surface area is 122 Å². The van der Waals surface area contributed by atoms with Crippen molar-refractivity contribution in [2.24, 2.45) is 0 Å². The lowest BCUT2D eigenvalue weighted by Gasteiger charge is -2.37. The van der Waals surface area contributed by atoms with E-state index in [9.17, 15) is 14.0 Å². The predicted octanol–water partition coefficient (Wildman–Crippen LogP) is 1.05. The van der Waals surface area contributed by atoms with Gasteiger partial charge in [0, 0.05) is 44.7 Å². The molecule has 21 heavy (non-hydrogen) atoms. The summed E-state index contributed by atoms with van der Waals surface area (Å²) < 4.78 is 12.9. The van der Waals surface area contributed by atoms with Crippen LogP contribution in [0.15, 0.2) is 24.3 Å². The Morgan fingerprint density at radius 2 is 1.48 bits per heavy atom. The largest absolute Gasteiger partial charge is 0.369 e. The van der Waals surface area contributed by atoms with E-state index in [1.165, 1.54) is 17.0 Å². The Morgan fingerprint density at radius 1 is 0.905 bits per heavy atom. The first-order valence-electron chi connectivity index (χ1n) is 7.19. The molecule has 2 aliphatic heterocycles. The second-order valence-corrected chi connectivity index (χ2v) is 5.44. The molecule has 0 saturated carbocycles. The van der Waals surface area contributed by atoms with Crippen molar-refractivity contribution in [3.63, 3.8) is 0 Å². The Balaban J connectivity index is 1.54. The third-order valence-electron chi connectivity index (χ3n) is 4.06. The molecule has 2 fully saturated rings. The van der Waals surface area contributed by atoms with Gasteiger partial charge in [-0.15, -0.1) is 0 Å². The maximum absolute atomic E-state index is 12.9. The number of amides is 2. The molecule has 0 spiro atoms. The summed E-state index contributed by atoms with van der Waals surface area (Å²) in [4.78, 5) is 28.9. The molecule has 0 aromatic heterocycles. The molecule has 6 heteroatoms. The minimum absolute atomic E-state index is 0.0686. The van der Waals surface area contributed by atoms with Gasteiger partial charge in [0.25, 0.3) is 0 Å². The lowest BCUT2D eigenvalue weighted by atomic mass is 10.2. The van der Waals surface area contributed by atoms with Gasteiger partial charge in [0.2, 0.25) is 11.8 Å². The third-order valence-corrected chi connectivity index (χ3v) is 4.06. The molecule has 0 bridgehead atoms. The minimum Gasteiger partial charge on any atom is -0.369 e. The van der Waals surface area contributed by atoms with Crippen LogP contribution in [0.5, 0.6) is 0 Å². The molecule has 0 radical (unpaired) electrons. The van der Waals surface area contributed by atoms with E-state index in [1.807, 2.05) is 0 Å². The van der Waals surface area contributed by atoms with Gasteiger partial charge in [0.15, 0.2) is 0 Å². The summed E-state index contributed by atoms with van der Waals surface area (Å²) >= 11 is 0. The monoisotopic (exact) mass is 291 g/mol. The second kappa shape index (κ2) is 5.81. The van der Waals surface area contributed by atoms with E-state index in [4.69, 9.17) is 0 Å². The zero-order valence-electron chi connectivity index (χ0n) is 11.8. The fourth-order valence-electron chi connectivity index (χ4n) is 2.78. The molecule has 0 atom stereocenters. The van der Waals surface area contributed by atoms with Crippen LogP contribution in [-0.2, 0) is 9.59 Å². The number of rotatable bonds is 3. The van der Waals surface area contributed by atoms with E-state index < -0.39 is 0 Å². The number of carbonyl (C=O) groups is 2. The fourth-order valence-corrected chi connectivity index (χ4v) is 2.78. The van der Waals surface area contributed by atoms with Crippen molar-refractivity contribution in [2.75, 3.05) is 37.7 Å². The SMILES string of the molecule is O=C1CCC(=O)N1CN1CCN(c2ccc(F)cc2)CC1. The number of piperazine rings is 1. The summed E-state index contributed by atoms with van der Waals surface area (Å²) in [5.41, 5.74) is 1.00. The van der Waals surface area contributed by atoms with Crippen LogP contribution in [0.1, 0.15) is 12.8 Å². The summed E-state index contributed by atoms with van der Waals surface area (Å²) in [6, 6.07) is 6.48. The van der Waals surface area contributed by atoms with Crippen LogP contribution in [0.3, 0.4) is 0 Å². The van der Waals surface area contributed by atoms with Crippen molar-refractivity contribution >= 4 is 17.5 Å². The summed E-state index contributed by atoms with van der Waals surface area (Å²) in [5.74, 6) is -0.370. The highest BCUT2D eigenvalue weighted by Gasteiger charge is 2.31. The van der Waals surface area contributed by atoms with Crippen molar-refractivity contribution in [1.29, 1.82) is 0 Å². The normalized spacial score (nSPS) is 20.4. The molecule has 2 aliphatic rings. The van der Waals surface area contributed by atoms with Gasteiger partial charge in [-0.2, -0.15) is 0 Å². The number of nitrogens with zero attached hydrogens (tertiary/aromatic N) is 3. The highest BCUT2D eigenvalue weighted by molar-refractivity contribution is 6.01. The van der Waals surface area contributed by atoms with Crippen LogP contribution in [0.4, 0.5) is 10.1 Å². The predicted molar refractivity (Wildman–Crippen MR) is 76.1 cm³/mol. The topological polar surface area (TPSA) is 43.9 Å². The molecule has 2 saturated heterocycles. The molecule has 0 unspecified atom stereocenters. The van der Waals surface area contributed by atoms with Crippen LogP contribution >= 0.6 is 0 Å². The van der Waals surface area contributed by atoms with Crippen molar-refractivity contribution < 1.29 is 14.0 Å². The number of likely N-dealkylation sites (tertiary alicyclic amines) is 1. The molecule has 2 heterocycles. The smallest absolute Gasteiger partial charge is 0.230 e. The zero-order chi connectivity index (χ0) is 14.8. The van der Waals surface area contributed by atoms with Gasteiger partial charge >= 0.3 is 0 Å². The van der Waals surface area contributed by atoms with Crippen molar-refractivity contribution in [3.8, 4) is 0 Å². The van der Waals surface area contributed by atoms with Crippen LogP contribution < -0.4 is 4.90 Å². The standard InChI is InChI=1S/C15H18FN3O2/c16-12-1-3-13(4-2-12)18-9-7-17(8-10-18)11-19-14(20)5-6-15(19)21/h1-4H,5-11H2. The minimum atomic E-state index is -0.233. The zero-order valence-corrected chi connectivity index (χ0v) is 11.8. The number of carbonyl (C=O) groups excluding carboxylic acids is 2. The summed E-state index contributed by atoms with van der Waals surface area (Å²) in [6.45, 7) is 3.58. The van der Waals surface area contributed by atoms with Crippen molar-refractivity contribution in [3.05, 3.63) is 30.1 Å². The molecule has 0 aliphatic carbocycles. The molecular weight excluding hydrogens is 273 g/mol. The molecule has 0 N–H and O–H groups in total. The number of anilines is 1. The van der Waals surface area contributed by atoms with Gasteiger partial charge in [-0.3, -0.25) is 19.4 Å². The Kier molecular flexibility index (Phi) is 3.88. The lowest BCUT2D eigenvalue weighted by Crippen LogP contribution is -2.51. The summed E-state index contributed by atoms with van der Waals surface area (Å²) in [7, 11) is 0. The van der Waals surface area contributed by atoms with E-state index in [2.05, 4.69) is 9.80 Å². The summed E-state index contributed by atoms with van der Waals surface area (Å²) in [5, 5.41) is 0. The number of hydrogen-bond donors (Lipinski definition) is 0. The molecule has 1 aromatic rings. The molecular formula is C15H18FN3O2. The fraction of sp³-hybridized carbons (Fsp3) is 0.467. The maximum Gasteiger partial charge on any atom is 0.230 e. The summed E-state index contributed by atoms with van der Waals surface area (Å²) in [6.07, 6.45) is 0.683. The lowest BCUT2D eigenvalue weighted by molar-refractivity contribution is -0.140. The quantitative estimate of drug-likeness (QED) is 0.781. The van der Waals surface area contributed by atoms with Gasteiger partial charge in [0.1, 0.15) is 5.82 Å². The Morgan fingerprint density at radius 3 is 2.05 bits per heavy atom. The number of imide groups is 1. The van der Waals surface area contributed by atoms with Gasteiger partial charge in [-0.25, -0.2) is 4.39 Å². The van der Waals surface area contributed by atoms with E-state index >= 15 is 0 Å². The first-order valence-corrected chi connectivity index (χ1v) is 7.19. The van der Waals surface area contributed by atoms with Crippen molar-refractivity contribution in [2.45, 2.75) is 12.8 Å². The van der Waals surface area contributed by atoms with E-state index in [0.717, 1.165) is 31.9 Å².